The van der Waals surface area contributed by atoms with Crippen LogP contribution in [0.2, 0.25) is 0 Å². The third-order valence-electron chi connectivity index (χ3n) is 5.56. The number of anilines is 1. The molecule has 8 heteroatoms. The summed E-state index contributed by atoms with van der Waals surface area (Å²) < 4.78 is 25.5. The number of benzene rings is 3. The number of aliphatic hydroxyl groups is 1. The lowest BCUT2D eigenvalue weighted by Crippen LogP contribution is -2.29. The average Bonchev–Trinajstić information content (AvgIpc) is 3.41. The second-order valence-electron chi connectivity index (χ2n) is 7.42. The van der Waals surface area contributed by atoms with E-state index in [9.17, 15) is 19.1 Å². The van der Waals surface area contributed by atoms with Crippen LogP contribution in [0.25, 0.3) is 5.76 Å². The predicted molar refractivity (Wildman–Crippen MR) is 115 cm³/mol. The predicted octanol–water partition coefficient (Wildman–Crippen LogP) is 4.05. The molecule has 0 aliphatic carbocycles. The van der Waals surface area contributed by atoms with Gasteiger partial charge < -0.3 is 14.6 Å². The van der Waals surface area contributed by atoms with Crippen molar-refractivity contribution in [3.63, 3.8) is 0 Å². The first-order valence-corrected chi connectivity index (χ1v) is 9.95. The van der Waals surface area contributed by atoms with Crippen LogP contribution in [0.15, 0.2) is 72.3 Å². The number of nitriles is 1. The van der Waals surface area contributed by atoms with Crippen LogP contribution in [0.4, 0.5) is 10.1 Å². The van der Waals surface area contributed by atoms with Gasteiger partial charge in [0.05, 0.1) is 23.2 Å². The number of Topliss-reactive ketones (excluding diaryl/α,β-unsaturated/α-hetero) is 1. The number of hydrogen-bond donors (Lipinski definition) is 1. The summed E-state index contributed by atoms with van der Waals surface area (Å²) in [5, 5.41) is 20.2. The molecule has 2 heterocycles. The van der Waals surface area contributed by atoms with E-state index in [1.807, 2.05) is 6.07 Å². The standard InChI is InChI=1S/C25H15FN2O5/c26-18-4-2-1-3-17(18)22-21(23(29)15-7-10-19-20(11-15)33-13-32-19)24(30)25(31)28(22)16-8-5-14(12-27)6-9-16/h1-11,22,29H,13H2/b23-21+. The molecule has 3 aromatic carbocycles. The highest BCUT2D eigenvalue weighted by Crippen LogP contribution is 2.44. The van der Waals surface area contributed by atoms with Gasteiger partial charge in [-0.25, -0.2) is 4.39 Å². The Labute approximate surface area is 187 Å². The van der Waals surface area contributed by atoms with Crippen molar-refractivity contribution in [2.75, 3.05) is 11.7 Å². The molecule has 1 N–H and O–H groups in total. The topological polar surface area (TPSA) is 99.9 Å². The maximum absolute atomic E-state index is 14.9. The fourth-order valence-electron chi connectivity index (χ4n) is 3.99. The zero-order valence-electron chi connectivity index (χ0n) is 17.0. The number of halogens is 1. The first-order chi connectivity index (χ1) is 16.0. The maximum atomic E-state index is 14.9. The molecular formula is C25H15FN2O5. The lowest BCUT2D eigenvalue weighted by atomic mass is 9.94. The molecule has 0 saturated carbocycles. The van der Waals surface area contributed by atoms with Gasteiger partial charge in [0.1, 0.15) is 11.6 Å². The molecule has 2 aliphatic heterocycles. The van der Waals surface area contributed by atoms with Gasteiger partial charge in [0.2, 0.25) is 6.79 Å². The molecule has 1 amide bonds. The minimum Gasteiger partial charge on any atom is -0.507 e. The number of nitrogens with zero attached hydrogens (tertiary/aromatic N) is 2. The lowest BCUT2D eigenvalue weighted by molar-refractivity contribution is -0.132. The second-order valence-corrected chi connectivity index (χ2v) is 7.42. The Bertz CT molecular complexity index is 1370. The molecule has 1 saturated heterocycles. The SMILES string of the molecule is N#Cc1ccc(N2C(=O)C(=O)/C(=C(/O)c3ccc4c(c3)OCO4)C2c2ccccc2F)cc1. The molecule has 3 aromatic rings. The Morgan fingerprint density at radius 1 is 1.03 bits per heavy atom. The van der Waals surface area contributed by atoms with Crippen LogP contribution >= 0.6 is 0 Å². The molecule has 0 bridgehead atoms. The van der Waals surface area contributed by atoms with Crippen LogP contribution in [0.3, 0.4) is 0 Å². The van der Waals surface area contributed by atoms with E-state index in [1.165, 1.54) is 54.6 Å². The highest BCUT2D eigenvalue weighted by atomic mass is 19.1. The first-order valence-electron chi connectivity index (χ1n) is 9.95. The Balaban J connectivity index is 1.71. The van der Waals surface area contributed by atoms with Crippen molar-refractivity contribution in [1.82, 2.24) is 0 Å². The average molecular weight is 442 g/mol. The number of ether oxygens (including phenoxy) is 2. The van der Waals surface area contributed by atoms with Gasteiger partial charge in [0.25, 0.3) is 11.7 Å². The largest absolute Gasteiger partial charge is 0.507 e. The number of carbonyl (C=O) groups is 2. The van der Waals surface area contributed by atoms with Crippen molar-refractivity contribution in [1.29, 1.82) is 5.26 Å². The van der Waals surface area contributed by atoms with Crippen molar-refractivity contribution < 1.29 is 28.6 Å². The summed E-state index contributed by atoms with van der Waals surface area (Å²) in [7, 11) is 0. The number of carbonyl (C=O) groups excluding carboxylic acids is 2. The molecule has 1 fully saturated rings. The van der Waals surface area contributed by atoms with E-state index in [-0.39, 0.29) is 29.2 Å². The fraction of sp³-hybridized carbons (Fsp3) is 0.0800. The molecule has 1 atom stereocenters. The Morgan fingerprint density at radius 3 is 2.48 bits per heavy atom. The van der Waals surface area contributed by atoms with Crippen LogP contribution in [-0.2, 0) is 9.59 Å². The van der Waals surface area contributed by atoms with Crippen molar-refractivity contribution in [3.8, 4) is 17.6 Å². The highest BCUT2D eigenvalue weighted by molar-refractivity contribution is 6.51. The molecule has 0 spiro atoms. The monoisotopic (exact) mass is 442 g/mol. The van der Waals surface area contributed by atoms with E-state index >= 15 is 0 Å². The van der Waals surface area contributed by atoms with Crippen molar-refractivity contribution in [2.45, 2.75) is 6.04 Å². The van der Waals surface area contributed by atoms with Gasteiger partial charge in [-0.05, 0) is 48.5 Å². The normalized spacial score (nSPS) is 18.4. The highest BCUT2D eigenvalue weighted by Gasteiger charge is 2.47. The van der Waals surface area contributed by atoms with E-state index in [2.05, 4.69) is 0 Å². The summed E-state index contributed by atoms with van der Waals surface area (Å²) in [6.07, 6.45) is 0. The Morgan fingerprint density at radius 2 is 1.76 bits per heavy atom. The quantitative estimate of drug-likeness (QED) is 0.373. The smallest absolute Gasteiger partial charge is 0.300 e. The number of aliphatic hydroxyl groups excluding tert-OH is 1. The number of fused-ring (bicyclic) bond motifs is 1. The van der Waals surface area contributed by atoms with Crippen LogP contribution in [0, 0.1) is 17.1 Å². The number of amides is 1. The molecule has 0 aromatic heterocycles. The molecule has 0 radical (unpaired) electrons. The summed E-state index contributed by atoms with van der Waals surface area (Å²) in [6, 6.07) is 17.1. The van der Waals surface area contributed by atoms with Crippen molar-refractivity contribution >= 4 is 23.1 Å². The summed E-state index contributed by atoms with van der Waals surface area (Å²) in [5.74, 6) is -2.12. The van der Waals surface area contributed by atoms with Gasteiger partial charge in [-0.2, -0.15) is 5.26 Å². The number of hydrogen-bond acceptors (Lipinski definition) is 6. The van der Waals surface area contributed by atoms with Gasteiger partial charge in [-0.3, -0.25) is 14.5 Å². The van der Waals surface area contributed by atoms with Crippen LogP contribution in [0.5, 0.6) is 11.5 Å². The van der Waals surface area contributed by atoms with Gasteiger partial charge in [-0.15, -0.1) is 0 Å². The van der Waals surface area contributed by atoms with E-state index in [0.717, 1.165) is 4.90 Å². The first kappa shape index (κ1) is 20.3. The summed E-state index contributed by atoms with van der Waals surface area (Å²) in [6.45, 7) is 0.0257. The van der Waals surface area contributed by atoms with E-state index < -0.39 is 29.3 Å². The minimum atomic E-state index is -1.22. The molecule has 5 rings (SSSR count). The molecule has 1 unspecified atom stereocenters. The third kappa shape index (κ3) is 3.27. The number of rotatable bonds is 3. The summed E-state index contributed by atoms with van der Waals surface area (Å²) in [5.41, 5.74) is 0.655. The number of ketones is 1. The molecular weight excluding hydrogens is 427 g/mol. The fourth-order valence-corrected chi connectivity index (χ4v) is 3.99. The third-order valence-corrected chi connectivity index (χ3v) is 5.56. The second kappa shape index (κ2) is 7.80. The minimum absolute atomic E-state index is 0.0257. The van der Waals surface area contributed by atoms with E-state index in [4.69, 9.17) is 14.7 Å². The van der Waals surface area contributed by atoms with Gasteiger partial charge in [0, 0.05) is 16.8 Å². The lowest BCUT2D eigenvalue weighted by Gasteiger charge is -2.25. The zero-order valence-corrected chi connectivity index (χ0v) is 17.0. The van der Waals surface area contributed by atoms with Gasteiger partial charge in [-0.1, -0.05) is 18.2 Å². The molecule has 33 heavy (non-hydrogen) atoms. The summed E-state index contributed by atoms with van der Waals surface area (Å²) >= 11 is 0. The van der Waals surface area contributed by atoms with Gasteiger partial charge in [0.15, 0.2) is 11.5 Å². The summed E-state index contributed by atoms with van der Waals surface area (Å²) in [4.78, 5) is 27.3. The molecule has 2 aliphatic rings. The zero-order chi connectivity index (χ0) is 23.1. The molecule has 162 valence electrons. The van der Waals surface area contributed by atoms with Crippen LogP contribution in [-0.4, -0.2) is 23.6 Å². The Hall–Kier alpha value is -4.64. The Kier molecular flexibility index (Phi) is 4.79. The van der Waals surface area contributed by atoms with Crippen molar-refractivity contribution in [3.05, 3.63) is 94.8 Å². The van der Waals surface area contributed by atoms with Gasteiger partial charge >= 0.3 is 0 Å². The van der Waals surface area contributed by atoms with Crippen LogP contribution < -0.4 is 14.4 Å². The van der Waals surface area contributed by atoms with E-state index in [0.29, 0.717) is 17.1 Å². The maximum Gasteiger partial charge on any atom is 0.300 e. The van der Waals surface area contributed by atoms with Crippen LogP contribution in [0.1, 0.15) is 22.7 Å². The molecule has 7 nitrogen and oxygen atoms in total. The van der Waals surface area contributed by atoms with E-state index in [1.54, 1.807) is 12.1 Å². The van der Waals surface area contributed by atoms with Crippen molar-refractivity contribution in [2.24, 2.45) is 0 Å².